The molecule has 108 valence electrons. The van der Waals surface area contributed by atoms with E-state index in [4.69, 9.17) is 17.3 Å². The molecule has 0 atom stereocenters. The molecule has 0 saturated heterocycles. The van der Waals surface area contributed by atoms with Crippen molar-refractivity contribution >= 4 is 21.6 Å². The maximum absolute atomic E-state index is 12.1. The maximum Gasteiger partial charge on any atom is 0.240 e. The highest BCUT2D eigenvalue weighted by atomic mass is 35.5. The van der Waals surface area contributed by atoms with Gasteiger partial charge in [0.25, 0.3) is 0 Å². The molecule has 1 rings (SSSR count). The van der Waals surface area contributed by atoms with Gasteiger partial charge in [0.2, 0.25) is 10.0 Å². The van der Waals surface area contributed by atoms with Crippen molar-refractivity contribution in [3.8, 4) is 0 Å². The second-order valence-electron chi connectivity index (χ2n) is 5.67. The van der Waals surface area contributed by atoms with Crippen molar-refractivity contribution in [3.63, 3.8) is 0 Å². The van der Waals surface area contributed by atoms with Gasteiger partial charge in [-0.3, -0.25) is 0 Å². The summed E-state index contributed by atoms with van der Waals surface area (Å²) in [5, 5.41) is 0.376. The predicted octanol–water partition coefficient (Wildman–Crippen LogP) is 2.51. The Balaban J connectivity index is 2.80. The molecule has 0 spiro atoms. The quantitative estimate of drug-likeness (QED) is 0.878. The van der Waals surface area contributed by atoms with E-state index in [-0.39, 0.29) is 16.9 Å². The Hall–Kier alpha value is -0.620. The molecule has 1 aromatic carbocycles. The van der Waals surface area contributed by atoms with Crippen LogP contribution in [0.5, 0.6) is 0 Å². The van der Waals surface area contributed by atoms with Gasteiger partial charge in [-0.1, -0.05) is 38.4 Å². The molecule has 0 aliphatic heterocycles. The van der Waals surface area contributed by atoms with E-state index in [9.17, 15) is 8.42 Å². The van der Waals surface area contributed by atoms with Gasteiger partial charge in [-0.2, -0.15) is 0 Å². The van der Waals surface area contributed by atoms with Crippen molar-refractivity contribution in [3.05, 3.63) is 28.8 Å². The first kappa shape index (κ1) is 16.4. The highest BCUT2D eigenvalue weighted by molar-refractivity contribution is 7.89. The molecule has 6 heteroatoms. The lowest BCUT2D eigenvalue weighted by atomic mass is 9.93. The van der Waals surface area contributed by atoms with Crippen LogP contribution < -0.4 is 10.5 Å². The Morgan fingerprint density at radius 1 is 1.32 bits per heavy atom. The topological polar surface area (TPSA) is 72.2 Å². The molecule has 0 aliphatic rings. The number of sulfonamides is 1. The van der Waals surface area contributed by atoms with E-state index in [1.165, 1.54) is 12.1 Å². The first-order valence-corrected chi connectivity index (χ1v) is 8.00. The molecular formula is C13H21ClN2O2S. The van der Waals surface area contributed by atoms with E-state index in [0.29, 0.717) is 11.6 Å². The fourth-order valence-electron chi connectivity index (χ4n) is 1.50. The van der Waals surface area contributed by atoms with Crippen LogP contribution in [0, 0.1) is 5.41 Å². The summed E-state index contributed by atoms with van der Waals surface area (Å²) in [5.41, 5.74) is 6.31. The molecule has 0 unspecified atom stereocenters. The van der Waals surface area contributed by atoms with Gasteiger partial charge in [0, 0.05) is 18.1 Å². The van der Waals surface area contributed by atoms with Crippen LogP contribution in [-0.4, -0.2) is 15.0 Å². The lowest BCUT2D eigenvalue weighted by Gasteiger charge is -2.18. The second kappa shape index (κ2) is 6.22. The monoisotopic (exact) mass is 304 g/mol. The molecule has 0 amide bonds. The maximum atomic E-state index is 12.1. The molecule has 4 nitrogen and oxygen atoms in total. The van der Waals surface area contributed by atoms with Crippen LogP contribution >= 0.6 is 11.6 Å². The van der Waals surface area contributed by atoms with Crippen LogP contribution in [-0.2, 0) is 16.6 Å². The smallest absolute Gasteiger partial charge is 0.240 e. The molecule has 19 heavy (non-hydrogen) atoms. The number of nitrogens with one attached hydrogen (secondary N) is 1. The summed E-state index contributed by atoms with van der Waals surface area (Å²) in [6.07, 6.45) is 0.765. The fourth-order valence-corrected chi connectivity index (χ4v) is 2.88. The predicted molar refractivity (Wildman–Crippen MR) is 78.6 cm³/mol. The van der Waals surface area contributed by atoms with Gasteiger partial charge >= 0.3 is 0 Å². The molecular weight excluding hydrogens is 284 g/mol. The van der Waals surface area contributed by atoms with Gasteiger partial charge in [0.1, 0.15) is 0 Å². The zero-order valence-electron chi connectivity index (χ0n) is 11.5. The number of nitrogens with two attached hydrogens (primary N) is 1. The summed E-state index contributed by atoms with van der Waals surface area (Å²) < 4.78 is 26.7. The summed E-state index contributed by atoms with van der Waals surface area (Å²) in [4.78, 5) is 0.170. The number of rotatable bonds is 5. The van der Waals surface area contributed by atoms with E-state index in [0.717, 1.165) is 12.0 Å². The van der Waals surface area contributed by atoms with E-state index in [1.54, 1.807) is 6.07 Å². The molecule has 0 saturated carbocycles. The SMILES string of the molecule is CC(C)(C)CCNS(=O)(=O)c1ccc(CN)c(Cl)c1. The molecule has 0 heterocycles. The van der Waals surface area contributed by atoms with Gasteiger partial charge < -0.3 is 5.73 Å². The molecule has 0 aliphatic carbocycles. The van der Waals surface area contributed by atoms with Gasteiger partial charge in [-0.25, -0.2) is 13.1 Å². The minimum absolute atomic E-state index is 0.0869. The van der Waals surface area contributed by atoms with E-state index in [1.807, 2.05) is 0 Å². The standard InChI is InChI=1S/C13H21ClN2O2S/c1-13(2,3)6-7-16-19(17,18)11-5-4-10(9-15)12(14)8-11/h4-5,8,16H,6-7,9,15H2,1-3H3. The third-order valence-corrected chi connectivity index (χ3v) is 4.53. The van der Waals surface area contributed by atoms with Crippen molar-refractivity contribution in [1.82, 2.24) is 4.72 Å². The molecule has 0 radical (unpaired) electrons. The second-order valence-corrected chi connectivity index (χ2v) is 7.84. The third kappa shape index (κ3) is 5.10. The van der Waals surface area contributed by atoms with Gasteiger partial charge in [0.05, 0.1) is 4.90 Å². The zero-order valence-corrected chi connectivity index (χ0v) is 13.1. The average molecular weight is 305 g/mol. The molecule has 1 aromatic rings. The summed E-state index contributed by atoms with van der Waals surface area (Å²) >= 11 is 5.97. The fraction of sp³-hybridized carbons (Fsp3) is 0.538. The highest BCUT2D eigenvalue weighted by Crippen LogP contribution is 2.21. The van der Waals surface area contributed by atoms with Crippen molar-refractivity contribution in [2.24, 2.45) is 11.1 Å². The first-order valence-electron chi connectivity index (χ1n) is 6.14. The summed E-state index contributed by atoms with van der Waals surface area (Å²) in [6.45, 7) is 6.88. The number of benzene rings is 1. The Labute approximate surface area is 120 Å². The highest BCUT2D eigenvalue weighted by Gasteiger charge is 2.17. The van der Waals surface area contributed by atoms with Gasteiger partial charge in [0.15, 0.2) is 0 Å². The minimum Gasteiger partial charge on any atom is -0.326 e. The lowest BCUT2D eigenvalue weighted by Crippen LogP contribution is -2.27. The van der Waals surface area contributed by atoms with E-state index >= 15 is 0 Å². The number of hydrogen-bond donors (Lipinski definition) is 2. The Kier molecular flexibility index (Phi) is 5.38. The van der Waals surface area contributed by atoms with Crippen LogP contribution in [0.15, 0.2) is 23.1 Å². The number of halogens is 1. The van der Waals surface area contributed by atoms with Crippen molar-refractivity contribution in [2.75, 3.05) is 6.54 Å². The summed E-state index contributed by atoms with van der Waals surface area (Å²) in [5.74, 6) is 0. The largest absolute Gasteiger partial charge is 0.326 e. The molecule has 0 aromatic heterocycles. The Morgan fingerprint density at radius 2 is 1.95 bits per heavy atom. The molecule has 0 fully saturated rings. The summed E-state index contributed by atoms with van der Waals surface area (Å²) in [7, 11) is -3.51. The number of hydrogen-bond acceptors (Lipinski definition) is 3. The average Bonchev–Trinajstić information content (AvgIpc) is 2.26. The lowest BCUT2D eigenvalue weighted by molar-refractivity contribution is 0.378. The normalized spacial score (nSPS) is 12.7. The zero-order chi connectivity index (χ0) is 14.7. The van der Waals surface area contributed by atoms with Crippen molar-refractivity contribution in [1.29, 1.82) is 0 Å². The molecule has 3 N–H and O–H groups in total. The first-order chi connectivity index (χ1) is 8.65. The van der Waals surface area contributed by atoms with Gasteiger partial charge in [-0.05, 0) is 29.5 Å². The van der Waals surface area contributed by atoms with Crippen LogP contribution in [0.25, 0.3) is 0 Å². The van der Waals surface area contributed by atoms with Crippen LogP contribution in [0.3, 0.4) is 0 Å². The Bertz CT molecular complexity index is 536. The van der Waals surface area contributed by atoms with E-state index in [2.05, 4.69) is 25.5 Å². The minimum atomic E-state index is -3.51. The van der Waals surface area contributed by atoms with Crippen LogP contribution in [0.1, 0.15) is 32.8 Å². The molecule has 0 bridgehead atoms. The van der Waals surface area contributed by atoms with Crippen LogP contribution in [0.2, 0.25) is 5.02 Å². The van der Waals surface area contributed by atoms with Crippen molar-refractivity contribution in [2.45, 2.75) is 38.6 Å². The Morgan fingerprint density at radius 3 is 2.42 bits per heavy atom. The summed E-state index contributed by atoms with van der Waals surface area (Å²) in [6, 6.07) is 4.59. The van der Waals surface area contributed by atoms with Crippen molar-refractivity contribution < 1.29 is 8.42 Å². The van der Waals surface area contributed by atoms with Gasteiger partial charge in [-0.15, -0.1) is 0 Å². The van der Waals surface area contributed by atoms with Crippen LogP contribution in [0.4, 0.5) is 0 Å². The van der Waals surface area contributed by atoms with E-state index < -0.39 is 10.0 Å². The third-order valence-electron chi connectivity index (χ3n) is 2.72.